The number of nitrogens with zero attached hydrogens (tertiary/aromatic N) is 2. The third kappa shape index (κ3) is 2.32. The zero-order valence-corrected chi connectivity index (χ0v) is 10.8. The molecule has 1 aromatic carbocycles. The molecule has 0 aliphatic carbocycles. The Morgan fingerprint density at radius 2 is 2.28 bits per heavy atom. The van der Waals surface area contributed by atoms with E-state index in [1.54, 1.807) is 12.1 Å². The highest BCUT2D eigenvalue weighted by atomic mass is 16.5. The van der Waals surface area contributed by atoms with Gasteiger partial charge in [0.15, 0.2) is 0 Å². The molecule has 2 N–H and O–H groups in total. The number of hydrogen-bond acceptors (Lipinski definition) is 4. The largest absolute Gasteiger partial charge is 0.497 e. The van der Waals surface area contributed by atoms with Gasteiger partial charge in [0.1, 0.15) is 5.75 Å². The highest BCUT2D eigenvalue weighted by Crippen LogP contribution is 2.28. The van der Waals surface area contributed by atoms with E-state index in [0.29, 0.717) is 19.5 Å². The first kappa shape index (κ1) is 12.9. The Morgan fingerprint density at radius 3 is 2.94 bits per heavy atom. The van der Waals surface area contributed by atoms with Crippen molar-refractivity contribution in [1.82, 2.24) is 5.01 Å². The molecule has 0 spiro atoms. The van der Waals surface area contributed by atoms with E-state index >= 15 is 0 Å². The van der Waals surface area contributed by atoms with E-state index in [4.69, 9.17) is 10.5 Å². The van der Waals surface area contributed by atoms with Crippen molar-refractivity contribution in [2.45, 2.75) is 19.4 Å². The molecule has 18 heavy (non-hydrogen) atoms. The van der Waals surface area contributed by atoms with Crippen molar-refractivity contribution < 1.29 is 9.53 Å². The summed E-state index contributed by atoms with van der Waals surface area (Å²) in [5.41, 5.74) is 6.44. The number of hydrazine groups is 1. The van der Waals surface area contributed by atoms with E-state index in [0.717, 1.165) is 11.4 Å². The van der Waals surface area contributed by atoms with Gasteiger partial charge < -0.3 is 10.5 Å². The van der Waals surface area contributed by atoms with E-state index in [9.17, 15) is 4.79 Å². The van der Waals surface area contributed by atoms with Gasteiger partial charge in [0.25, 0.3) is 0 Å². The summed E-state index contributed by atoms with van der Waals surface area (Å²) in [5.74, 6) is 0.844. The van der Waals surface area contributed by atoms with Gasteiger partial charge >= 0.3 is 0 Å². The van der Waals surface area contributed by atoms with Crippen molar-refractivity contribution in [3.8, 4) is 5.75 Å². The third-order valence-electron chi connectivity index (χ3n) is 3.13. The van der Waals surface area contributed by atoms with Crippen LogP contribution in [0.5, 0.6) is 5.75 Å². The van der Waals surface area contributed by atoms with Gasteiger partial charge in [-0.15, -0.1) is 0 Å². The standard InChI is InChI=1S/C13H19N3O2/c1-10-8-13(17)16(15(10)7-6-14)11-4-3-5-12(9-11)18-2/h3-5,9-10H,6-8,14H2,1-2H3. The summed E-state index contributed by atoms with van der Waals surface area (Å²) in [6.45, 7) is 3.23. The Hall–Kier alpha value is -1.59. The van der Waals surface area contributed by atoms with Crippen LogP contribution in [-0.2, 0) is 4.79 Å². The Bertz CT molecular complexity index is 436. The lowest BCUT2D eigenvalue weighted by molar-refractivity contribution is -0.118. The molecule has 1 fully saturated rings. The van der Waals surface area contributed by atoms with Crippen LogP contribution in [0.2, 0.25) is 0 Å². The fourth-order valence-electron chi connectivity index (χ4n) is 2.27. The molecule has 1 aromatic rings. The minimum absolute atomic E-state index is 0.101. The zero-order valence-electron chi connectivity index (χ0n) is 10.8. The van der Waals surface area contributed by atoms with Crippen molar-refractivity contribution in [1.29, 1.82) is 0 Å². The molecule has 0 radical (unpaired) electrons. The first-order chi connectivity index (χ1) is 8.67. The van der Waals surface area contributed by atoms with Gasteiger partial charge in [0, 0.05) is 31.6 Å². The molecule has 0 bridgehead atoms. The van der Waals surface area contributed by atoms with Gasteiger partial charge in [-0.3, -0.25) is 4.79 Å². The Morgan fingerprint density at radius 1 is 1.50 bits per heavy atom. The number of benzene rings is 1. The molecule has 5 nitrogen and oxygen atoms in total. The summed E-state index contributed by atoms with van der Waals surface area (Å²) in [5, 5.41) is 3.72. The van der Waals surface area contributed by atoms with Crippen molar-refractivity contribution >= 4 is 11.6 Å². The normalized spacial score (nSPS) is 20.5. The first-order valence-corrected chi connectivity index (χ1v) is 6.11. The first-order valence-electron chi connectivity index (χ1n) is 6.11. The van der Waals surface area contributed by atoms with Gasteiger partial charge in [0.2, 0.25) is 5.91 Å². The molecule has 98 valence electrons. The van der Waals surface area contributed by atoms with E-state index in [1.165, 1.54) is 0 Å². The zero-order chi connectivity index (χ0) is 13.1. The molecule has 0 aromatic heterocycles. The number of amides is 1. The molecule has 1 atom stereocenters. The summed E-state index contributed by atoms with van der Waals surface area (Å²) in [4.78, 5) is 12.1. The second-order valence-corrected chi connectivity index (χ2v) is 4.41. The maximum atomic E-state index is 12.1. The van der Waals surface area contributed by atoms with Crippen molar-refractivity contribution in [3.05, 3.63) is 24.3 Å². The van der Waals surface area contributed by atoms with Crippen molar-refractivity contribution in [2.24, 2.45) is 5.73 Å². The van der Waals surface area contributed by atoms with E-state index in [2.05, 4.69) is 0 Å². The van der Waals surface area contributed by atoms with Gasteiger partial charge in [-0.05, 0) is 19.1 Å². The maximum Gasteiger partial charge on any atom is 0.243 e. The molecule has 1 aliphatic heterocycles. The molecule has 1 heterocycles. The van der Waals surface area contributed by atoms with Crippen LogP contribution in [0.1, 0.15) is 13.3 Å². The summed E-state index contributed by atoms with van der Waals surface area (Å²) in [6.07, 6.45) is 0.525. The van der Waals surface area contributed by atoms with Gasteiger partial charge in [-0.2, -0.15) is 0 Å². The quantitative estimate of drug-likeness (QED) is 0.864. The van der Waals surface area contributed by atoms with Crippen LogP contribution in [0.3, 0.4) is 0 Å². The average Bonchev–Trinajstić information content (AvgIpc) is 2.65. The maximum absolute atomic E-state index is 12.1. The summed E-state index contributed by atoms with van der Waals surface area (Å²) >= 11 is 0. The lowest BCUT2D eigenvalue weighted by atomic mass is 10.2. The fourth-order valence-corrected chi connectivity index (χ4v) is 2.27. The summed E-state index contributed by atoms with van der Waals surface area (Å²) in [6, 6.07) is 7.69. The van der Waals surface area contributed by atoms with Crippen molar-refractivity contribution in [2.75, 3.05) is 25.2 Å². The number of anilines is 1. The van der Waals surface area contributed by atoms with E-state index in [-0.39, 0.29) is 11.9 Å². The molecular formula is C13H19N3O2. The molecule has 1 aliphatic rings. The molecule has 1 amide bonds. The third-order valence-corrected chi connectivity index (χ3v) is 3.13. The minimum Gasteiger partial charge on any atom is -0.497 e. The summed E-state index contributed by atoms with van der Waals surface area (Å²) in [7, 11) is 1.62. The van der Waals surface area contributed by atoms with Gasteiger partial charge in [-0.1, -0.05) is 6.07 Å². The Labute approximate surface area is 107 Å². The van der Waals surface area contributed by atoms with Crippen LogP contribution < -0.4 is 15.5 Å². The highest BCUT2D eigenvalue weighted by Gasteiger charge is 2.35. The number of nitrogens with two attached hydrogens (primary N) is 1. The number of carbonyl (C=O) groups excluding carboxylic acids is 1. The second-order valence-electron chi connectivity index (χ2n) is 4.41. The van der Waals surface area contributed by atoms with Gasteiger partial charge in [0.05, 0.1) is 12.8 Å². The van der Waals surface area contributed by atoms with Crippen LogP contribution in [-0.4, -0.2) is 37.2 Å². The fraction of sp³-hybridized carbons (Fsp3) is 0.462. The molecular weight excluding hydrogens is 230 g/mol. The lowest BCUT2D eigenvalue weighted by Crippen LogP contribution is -2.44. The average molecular weight is 249 g/mol. The molecule has 2 rings (SSSR count). The Balaban J connectivity index is 2.30. The van der Waals surface area contributed by atoms with Crippen LogP contribution in [0.4, 0.5) is 5.69 Å². The topological polar surface area (TPSA) is 58.8 Å². The van der Waals surface area contributed by atoms with E-state index in [1.807, 2.05) is 36.2 Å². The molecule has 5 heteroatoms. The molecule has 1 unspecified atom stereocenters. The van der Waals surface area contributed by atoms with Crippen LogP contribution in [0.25, 0.3) is 0 Å². The molecule has 1 saturated heterocycles. The number of carbonyl (C=O) groups is 1. The van der Waals surface area contributed by atoms with Crippen molar-refractivity contribution in [3.63, 3.8) is 0 Å². The van der Waals surface area contributed by atoms with Crippen LogP contribution in [0, 0.1) is 0 Å². The molecule has 0 saturated carbocycles. The van der Waals surface area contributed by atoms with E-state index < -0.39 is 0 Å². The van der Waals surface area contributed by atoms with Gasteiger partial charge in [-0.25, -0.2) is 10.0 Å². The highest BCUT2D eigenvalue weighted by molar-refractivity contribution is 5.95. The number of ether oxygens (including phenoxy) is 1. The SMILES string of the molecule is COc1cccc(N2C(=O)CC(C)N2CCN)c1. The summed E-state index contributed by atoms with van der Waals surface area (Å²) < 4.78 is 5.19. The van der Waals surface area contributed by atoms with Crippen LogP contribution in [0.15, 0.2) is 24.3 Å². The second kappa shape index (κ2) is 5.37. The monoisotopic (exact) mass is 249 g/mol. The Kier molecular flexibility index (Phi) is 3.84. The minimum atomic E-state index is 0.101. The predicted molar refractivity (Wildman–Crippen MR) is 70.3 cm³/mol. The number of rotatable bonds is 4. The smallest absolute Gasteiger partial charge is 0.243 e. The predicted octanol–water partition coefficient (Wildman–Crippen LogP) is 0.996. The number of hydrogen-bond donors (Lipinski definition) is 1. The van der Waals surface area contributed by atoms with Crippen LogP contribution >= 0.6 is 0 Å². The number of methoxy groups -OCH3 is 1. The lowest BCUT2D eigenvalue weighted by Gasteiger charge is -2.30.